The Kier molecular flexibility index (Phi) is 10.5. The number of aryl methyl sites for hydroxylation is 2. The molecule has 0 spiro atoms. The van der Waals surface area contributed by atoms with E-state index in [9.17, 15) is 9.90 Å². The molecule has 0 radical (unpaired) electrons. The molecule has 1 unspecified atom stereocenters. The highest BCUT2D eigenvalue weighted by molar-refractivity contribution is 14.0. The van der Waals surface area contributed by atoms with Crippen LogP contribution < -0.4 is 10.6 Å². The van der Waals surface area contributed by atoms with E-state index in [4.69, 9.17) is 4.42 Å². The molecule has 2 rings (SSSR count). The van der Waals surface area contributed by atoms with Crippen LogP contribution in [0.15, 0.2) is 39.7 Å². The fourth-order valence-corrected chi connectivity index (χ4v) is 3.27. The largest absolute Gasteiger partial charge is 0.466 e. The van der Waals surface area contributed by atoms with Gasteiger partial charge in [0.2, 0.25) is 0 Å². The van der Waals surface area contributed by atoms with Crippen LogP contribution in [0.3, 0.4) is 0 Å². The van der Waals surface area contributed by atoms with E-state index in [2.05, 4.69) is 15.6 Å². The number of nitrogens with zero attached hydrogens (tertiary/aromatic N) is 2. The van der Waals surface area contributed by atoms with Gasteiger partial charge in [-0.3, -0.25) is 4.79 Å². The van der Waals surface area contributed by atoms with Crippen molar-refractivity contribution in [3.8, 4) is 0 Å². The third kappa shape index (κ3) is 7.84. The minimum absolute atomic E-state index is 0. The van der Waals surface area contributed by atoms with Crippen LogP contribution in [0.1, 0.15) is 46.9 Å². The highest BCUT2D eigenvalue weighted by Gasteiger charge is 2.27. The van der Waals surface area contributed by atoms with Crippen molar-refractivity contribution in [2.75, 3.05) is 33.7 Å². The summed E-state index contributed by atoms with van der Waals surface area (Å²) in [5.74, 6) is 2.10. The van der Waals surface area contributed by atoms with Crippen molar-refractivity contribution >= 4 is 35.8 Å². The number of hydrogen-bond donors (Lipinski definition) is 3. The number of benzene rings is 1. The van der Waals surface area contributed by atoms with Gasteiger partial charge in [0.1, 0.15) is 17.1 Å². The maximum absolute atomic E-state index is 12.1. The molecule has 0 fully saturated rings. The molecule has 1 aromatic carbocycles. The number of halogens is 1. The summed E-state index contributed by atoms with van der Waals surface area (Å²) in [6.07, 6.45) is 0.745. The molecule has 0 aliphatic heterocycles. The number of nitrogens with one attached hydrogen (secondary N) is 2. The Labute approximate surface area is 202 Å². The maximum Gasteiger partial charge on any atom is 0.253 e. The number of rotatable bonds is 8. The molecular formula is C23H35IN4O3. The average Bonchev–Trinajstić information content (AvgIpc) is 3.04. The van der Waals surface area contributed by atoms with E-state index in [1.807, 2.05) is 51.1 Å². The van der Waals surface area contributed by atoms with Crippen molar-refractivity contribution in [2.45, 2.75) is 39.7 Å². The third-order valence-electron chi connectivity index (χ3n) is 4.80. The number of aliphatic imine (C=N–C) groups is 1. The first-order valence-corrected chi connectivity index (χ1v) is 10.3. The second-order valence-corrected chi connectivity index (χ2v) is 7.87. The zero-order valence-electron chi connectivity index (χ0n) is 19.3. The smallest absolute Gasteiger partial charge is 0.253 e. The summed E-state index contributed by atoms with van der Waals surface area (Å²) < 4.78 is 5.54. The lowest BCUT2D eigenvalue weighted by atomic mass is 9.96. The molecule has 31 heavy (non-hydrogen) atoms. The van der Waals surface area contributed by atoms with Crippen molar-refractivity contribution in [1.29, 1.82) is 0 Å². The Bertz CT molecular complexity index is 891. The van der Waals surface area contributed by atoms with Gasteiger partial charge < -0.3 is 25.1 Å². The highest BCUT2D eigenvalue weighted by atomic mass is 127. The van der Waals surface area contributed by atoms with E-state index < -0.39 is 5.60 Å². The van der Waals surface area contributed by atoms with Gasteiger partial charge in [0.05, 0.1) is 6.54 Å². The van der Waals surface area contributed by atoms with Gasteiger partial charge in [0.15, 0.2) is 5.96 Å². The van der Waals surface area contributed by atoms with E-state index in [-0.39, 0.29) is 36.4 Å². The average molecular weight is 542 g/mol. The first-order chi connectivity index (χ1) is 14.1. The second-order valence-electron chi connectivity index (χ2n) is 7.87. The molecule has 1 aromatic heterocycles. The summed E-state index contributed by atoms with van der Waals surface area (Å²) in [4.78, 5) is 18.3. The predicted molar refractivity (Wildman–Crippen MR) is 135 cm³/mol. The van der Waals surface area contributed by atoms with Gasteiger partial charge in [-0.2, -0.15) is 0 Å². The Hall–Kier alpha value is -2.07. The molecule has 7 nitrogen and oxygen atoms in total. The summed E-state index contributed by atoms with van der Waals surface area (Å²) in [6.45, 7) is 9.01. The van der Waals surface area contributed by atoms with Crippen LogP contribution in [0.25, 0.3) is 0 Å². The number of aliphatic hydroxyl groups is 1. The number of amides is 1. The zero-order valence-corrected chi connectivity index (χ0v) is 21.6. The minimum Gasteiger partial charge on any atom is -0.466 e. The second kappa shape index (κ2) is 12.1. The van der Waals surface area contributed by atoms with Crippen LogP contribution >= 0.6 is 24.0 Å². The van der Waals surface area contributed by atoms with E-state index in [0.29, 0.717) is 30.4 Å². The lowest BCUT2D eigenvalue weighted by Crippen LogP contribution is -2.39. The molecule has 1 heterocycles. The Morgan fingerprint density at radius 1 is 1.23 bits per heavy atom. The maximum atomic E-state index is 12.1. The molecular weight excluding hydrogens is 507 g/mol. The molecule has 0 aliphatic rings. The van der Waals surface area contributed by atoms with Gasteiger partial charge >= 0.3 is 0 Å². The Balaban J connectivity index is 0.00000480. The molecule has 172 valence electrons. The highest BCUT2D eigenvalue weighted by Crippen LogP contribution is 2.27. The monoisotopic (exact) mass is 542 g/mol. The van der Waals surface area contributed by atoms with Crippen molar-refractivity contribution in [1.82, 2.24) is 15.5 Å². The topological polar surface area (TPSA) is 90.1 Å². The number of hydrogen-bond acceptors (Lipinski definition) is 4. The van der Waals surface area contributed by atoms with Crippen molar-refractivity contribution in [2.24, 2.45) is 4.99 Å². The van der Waals surface area contributed by atoms with Crippen LogP contribution in [-0.4, -0.2) is 55.6 Å². The normalized spacial score (nSPS) is 13.2. The molecule has 3 N–H and O–H groups in total. The van der Waals surface area contributed by atoms with E-state index >= 15 is 0 Å². The molecule has 0 bridgehead atoms. The summed E-state index contributed by atoms with van der Waals surface area (Å²) in [5.41, 5.74) is 1.38. The van der Waals surface area contributed by atoms with Gasteiger partial charge in [0, 0.05) is 38.3 Å². The molecule has 1 atom stereocenters. The predicted octanol–water partition coefficient (Wildman–Crippen LogP) is 3.22. The number of carbonyl (C=O) groups is 1. The zero-order chi connectivity index (χ0) is 22.3. The number of carbonyl (C=O) groups excluding carboxylic acids is 1. The summed E-state index contributed by atoms with van der Waals surface area (Å²) >= 11 is 0. The Morgan fingerprint density at radius 3 is 2.52 bits per heavy atom. The Morgan fingerprint density at radius 2 is 1.94 bits per heavy atom. The standard InChI is InChI=1S/C23H34N4O3.HI/c1-7-24-22(26-15-23(4,29)20-13-16(2)30-17(20)3)25-12-11-18-9-8-10-19(14-18)21(28)27(5)6;/h8-10,13-14,29H,7,11-12,15H2,1-6H3,(H2,24,25,26);1H. The first-order valence-electron chi connectivity index (χ1n) is 10.3. The fourth-order valence-electron chi connectivity index (χ4n) is 3.27. The lowest BCUT2D eigenvalue weighted by molar-refractivity contribution is 0.0656. The van der Waals surface area contributed by atoms with Crippen molar-refractivity contribution in [3.63, 3.8) is 0 Å². The van der Waals surface area contributed by atoms with Crippen LogP contribution in [0.2, 0.25) is 0 Å². The molecule has 2 aromatic rings. The molecule has 0 saturated carbocycles. The van der Waals surface area contributed by atoms with Gasteiger partial charge in [-0.05, 0) is 57.9 Å². The van der Waals surface area contributed by atoms with Gasteiger partial charge in [-0.1, -0.05) is 12.1 Å². The van der Waals surface area contributed by atoms with Crippen LogP contribution in [0, 0.1) is 13.8 Å². The fraction of sp³-hybridized carbons (Fsp3) is 0.478. The lowest BCUT2D eigenvalue weighted by Gasteiger charge is -2.21. The summed E-state index contributed by atoms with van der Waals surface area (Å²) in [6, 6.07) is 9.51. The van der Waals surface area contributed by atoms with E-state index in [1.165, 1.54) is 0 Å². The molecule has 8 heteroatoms. The van der Waals surface area contributed by atoms with Crippen molar-refractivity contribution in [3.05, 3.63) is 58.5 Å². The molecule has 1 amide bonds. The minimum atomic E-state index is -1.12. The van der Waals surface area contributed by atoms with Gasteiger partial charge in [-0.15, -0.1) is 24.0 Å². The summed E-state index contributed by atoms with van der Waals surface area (Å²) in [7, 11) is 3.49. The molecule has 0 aliphatic carbocycles. The SMILES string of the molecule is CCNC(=NCC(C)(O)c1cc(C)oc1C)NCCc1cccc(C(=O)N(C)C)c1.I. The van der Waals surface area contributed by atoms with Crippen LogP contribution in [0.4, 0.5) is 0 Å². The third-order valence-corrected chi connectivity index (χ3v) is 4.80. The van der Waals surface area contributed by atoms with Gasteiger partial charge in [0.25, 0.3) is 5.91 Å². The van der Waals surface area contributed by atoms with Gasteiger partial charge in [-0.25, -0.2) is 4.99 Å². The van der Waals surface area contributed by atoms with Crippen LogP contribution in [0.5, 0.6) is 0 Å². The number of furan rings is 1. The quantitative estimate of drug-likeness (QED) is 0.271. The van der Waals surface area contributed by atoms with E-state index in [0.717, 1.165) is 23.3 Å². The summed E-state index contributed by atoms with van der Waals surface area (Å²) in [5, 5.41) is 17.4. The van der Waals surface area contributed by atoms with E-state index in [1.54, 1.807) is 25.9 Å². The van der Waals surface area contributed by atoms with Crippen molar-refractivity contribution < 1.29 is 14.3 Å². The molecule has 0 saturated heterocycles. The number of guanidine groups is 1. The van der Waals surface area contributed by atoms with Crippen LogP contribution in [-0.2, 0) is 12.0 Å². The first kappa shape index (κ1) is 27.0.